The standard InChI is InChI=1S/C18H25ClFN3O3S/c1-14-4-6-21(7-5-14)13-18(24)22-8-10-23(11-9-22)27(25,26)15-2-3-17(20)16(19)12-15/h2-3,12,14H,4-11,13H2,1H3/p+1. The lowest BCUT2D eigenvalue weighted by Crippen LogP contribution is -3.14. The summed E-state index contributed by atoms with van der Waals surface area (Å²) in [5.41, 5.74) is 0. The Morgan fingerprint density at radius 1 is 1.22 bits per heavy atom. The third-order valence-electron chi connectivity index (χ3n) is 5.50. The van der Waals surface area contributed by atoms with Crippen LogP contribution in [0.2, 0.25) is 5.02 Å². The number of piperazine rings is 1. The first-order valence-corrected chi connectivity index (χ1v) is 11.2. The molecule has 3 rings (SSSR count). The third-order valence-corrected chi connectivity index (χ3v) is 7.69. The van der Waals surface area contributed by atoms with Crippen LogP contribution in [0.1, 0.15) is 19.8 Å². The van der Waals surface area contributed by atoms with Gasteiger partial charge in [-0.25, -0.2) is 12.8 Å². The van der Waals surface area contributed by atoms with Gasteiger partial charge in [-0.1, -0.05) is 18.5 Å². The quantitative estimate of drug-likeness (QED) is 0.780. The van der Waals surface area contributed by atoms with Crippen LogP contribution in [-0.4, -0.2) is 69.3 Å². The Hall–Kier alpha value is -1.22. The van der Waals surface area contributed by atoms with E-state index >= 15 is 0 Å². The summed E-state index contributed by atoms with van der Waals surface area (Å²) >= 11 is 5.71. The van der Waals surface area contributed by atoms with Gasteiger partial charge in [0.2, 0.25) is 10.0 Å². The Bertz CT molecular complexity index is 789. The lowest BCUT2D eigenvalue weighted by Gasteiger charge is -2.35. The molecule has 2 heterocycles. The van der Waals surface area contributed by atoms with Crippen LogP contribution < -0.4 is 4.90 Å². The molecule has 0 bridgehead atoms. The molecule has 0 aromatic heterocycles. The van der Waals surface area contributed by atoms with E-state index in [0.29, 0.717) is 19.6 Å². The second-order valence-corrected chi connectivity index (χ2v) is 9.82. The van der Waals surface area contributed by atoms with Crippen molar-refractivity contribution in [1.82, 2.24) is 9.21 Å². The third kappa shape index (κ3) is 4.80. The highest BCUT2D eigenvalue weighted by Crippen LogP contribution is 2.23. The molecule has 1 aromatic rings. The fourth-order valence-electron chi connectivity index (χ4n) is 3.64. The molecule has 0 radical (unpaired) electrons. The highest BCUT2D eigenvalue weighted by molar-refractivity contribution is 7.89. The number of piperidine rings is 1. The Morgan fingerprint density at radius 2 is 1.85 bits per heavy atom. The summed E-state index contributed by atoms with van der Waals surface area (Å²) < 4.78 is 40.1. The number of rotatable bonds is 4. The fraction of sp³-hybridized carbons (Fsp3) is 0.611. The van der Waals surface area contributed by atoms with E-state index in [2.05, 4.69) is 6.92 Å². The van der Waals surface area contributed by atoms with Crippen LogP contribution >= 0.6 is 11.6 Å². The van der Waals surface area contributed by atoms with Crippen LogP contribution in [-0.2, 0) is 14.8 Å². The Morgan fingerprint density at radius 3 is 2.44 bits per heavy atom. The molecule has 0 unspecified atom stereocenters. The molecule has 0 aliphatic carbocycles. The Kier molecular flexibility index (Phi) is 6.40. The van der Waals surface area contributed by atoms with Crippen molar-refractivity contribution in [2.75, 3.05) is 45.8 Å². The van der Waals surface area contributed by atoms with Gasteiger partial charge in [0, 0.05) is 26.2 Å². The number of sulfonamides is 1. The molecule has 1 N–H and O–H groups in total. The minimum absolute atomic E-state index is 0.0273. The normalized spacial score (nSPS) is 24.8. The minimum Gasteiger partial charge on any atom is -0.335 e. The van der Waals surface area contributed by atoms with Crippen molar-refractivity contribution < 1.29 is 22.5 Å². The molecule has 27 heavy (non-hydrogen) atoms. The molecule has 150 valence electrons. The zero-order valence-electron chi connectivity index (χ0n) is 15.5. The van der Waals surface area contributed by atoms with Crippen molar-refractivity contribution in [2.24, 2.45) is 5.92 Å². The van der Waals surface area contributed by atoms with Gasteiger partial charge in [-0.3, -0.25) is 4.79 Å². The van der Waals surface area contributed by atoms with Gasteiger partial charge in [-0.2, -0.15) is 4.31 Å². The number of benzene rings is 1. The molecular formula is C18H26ClFN3O3S+. The molecule has 1 amide bonds. The van der Waals surface area contributed by atoms with Crippen LogP contribution in [0.15, 0.2) is 23.1 Å². The number of nitrogens with one attached hydrogen (secondary N) is 1. The van der Waals surface area contributed by atoms with E-state index in [-0.39, 0.29) is 28.9 Å². The van der Waals surface area contributed by atoms with Crippen molar-refractivity contribution in [3.63, 3.8) is 0 Å². The molecule has 1 aromatic carbocycles. The summed E-state index contributed by atoms with van der Waals surface area (Å²) in [6.07, 6.45) is 2.30. The molecule has 0 atom stereocenters. The largest absolute Gasteiger partial charge is 0.335 e. The summed E-state index contributed by atoms with van der Waals surface area (Å²) in [6, 6.07) is 3.40. The molecule has 0 saturated carbocycles. The lowest BCUT2D eigenvalue weighted by atomic mass is 9.99. The number of quaternary nitrogens is 1. The Labute approximate surface area is 164 Å². The fourth-order valence-corrected chi connectivity index (χ4v) is 5.33. The molecule has 2 aliphatic rings. The van der Waals surface area contributed by atoms with Crippen LogP contribution in [0.3, 0.4) is 0 Å². The van der Waals surface area contributed by atoms with Crippen LogP contribution in [0.4, 0.5) is 4.39 Å². The summed E-state index contributed by atoms with van der Waals surface area (Å²) in [7, 11) is -3.74. The summed E-state index contributed by atoms with van der Waals surface area (Å²) in [5, 5.41) is -0.219. The van der Waals surface area contributed by atoms with Crippen molar-refractivity contribution in [3.05, 3.63) is 29.0 Å². The molecular weight excluding hydrogens is 393 g/mol. The topological polar surface area (TPSA) is 62.1 Å². The van der Waals surface area contributed by atoms with Crippen LogP contribution in [0, 0.1) is 11.7 Å². The number of carbonyl (C=O) groups is 1. The van der Waals surface area contributed by atoms with Gasteiger partial charge in [0.05, 0.1) is 23.0 Å². The van der Waals surface area contributed by atoms with E-state index in [1.807, 2.05) is 0 Å². The first-order chi connectivity index (χ1) is 12.8. The first-order valence-electron chi connectivity index (χ1n) is 9.34. The van der Waals surface area contributed by atoms with E-state index < -0.39 is 15.8 Å². The zero-order valence-corrected chi connectivity index (χ0v) is 17.0. The van der Waals surface area contributed by atoms with E-state index in [4.69, 9.17) is 11.6 Å². The summed E-state index contributed by atoms with van der Waals surface area (Å²) in [4.78, 5) is 15.6. The smallest absolute Gasteiger partial charge is 0.277 e. The maximum absolute atomic E-state index is 13.3. The van der Waals surface area contributed by atoms with E-state index in [0.717, 1.165) is 44.0 Å². The molecule has 2 aliphatic heterocycles. The minimum atomic E-state index is -3.74. The average molecular weight is 419 g/mol. The number of hydrogen-bond donors (Lipinski definition) is 1. The number of amides is 1. The van der Waals surface area contributed by atoms with Crippen LogP contribution in [0.5, 0.6) is 0 Å². The first kappa shape index (κ1) is 20.5. The van der Waals surface area contributed by atoms with Crippen molar-refractivity contribution >= 4 is 27.5 Å². The maximum Gasteiger partial charge on any atom is 0.277 e. The van der Waals surface area contributed by atoms with E-state index in [9.17, 15) is 17.6 Å². The number of carbonyl (C=O) groups excluding carboxylic acids is 1. The zero-order chi connectivity index (χ0) is 19.6. The van der Waals surface area contributed by atoms with Crippen LogP contribution in [0.25, 0.3) is 0 Å². The molecule has 9 heteroatoms. The lowest BCUT2D eigenvalue weighted by molar-refractivity contribution is -0.898. The van der Waals surface area contributed by atoms with Crippen molar-refractivity contribution in [2.45, 2.75) is 24.7 Å². The van der Waals surface area contributed by atoms with E-state index in [1.54, 1.807) is 4.90 Å². The van der Waals surface area contributed by atoms with Gasteiger partial charge in [0.25, 0.3) is 5.91 Å². The van der Waals surface area contributed by atoms with Gasteiger partial charge in [0.15, 0.2) is 6.54 Å². The molecule has 6 nitrogen and oxygen atoms in total. The average Bonchev–Trinajstić information content (AvgIpc) is 2.66. The van der Waals surface area contributed by atoms with Gasteiger partial charge in [0.1, 0.15) is 5.82 Å². The highest BCUT2D eigenvalue weighted by Gasteiger charge is 2.32. The summed E-state index contributed by atoms with van der Waals surface area (Å²) in [6.45, 7) is 5.97. The number of halogens is 2. The molecule has 2 saturated heterocycles. The van der Waals surface area contributed by atoms with Crippen molar-refractivity contribution in [3.8, 4) is 0 Å². The van der Waals surface area contributed by atoms with Crippen molar-refractivity contribution in [1.29, 1.82) is 0 Å². The Balaban J connectivity index is 1.56. The SMILES string of the molecule is CC1CC[NH+](CC(=O)N2CCN(S(=O)(=O)c3ccc(F)c(Cl)c3)CC2)CC1. The van der Waals surface area contributed by atoms with Gasteiger partial charge in [-0.05, 0) is 37.0 Å². The monoisotopic (exact) mass is 418 g/mol. The van der Waals surface area contributed by atoms with Gasteiger partial charge < -0.3 is 9.80 Å². The van der Waals surface area contributed by atoms with Gasteiger partial charge in [-0.15, -0.1) is 0 Å². The number of likely N-dealkylation sites (tertiary alicyclic amines) is 1. The molecule has 2 fully saturated rings. The highest BCUT2D eigenvalue weighted by atomic mass is 35.5. The van der Waals surface area contributed by atoms with E-state index in [1.165, 1.54) is 15.3 Å². The number of nitrogens with zero attached hydrogens (tertiary/aromatic N) is 2. The predicted molar refractivity (Wildman–Crippen MR) is 101 cm³/mol. The summed E-state index contributed by atoms with van der Waals surface area (Å²) in [5.74, 6) is 0.166. The maximum atomic E-state index is 13.3. The molecule has 0 spiro atoms. The predicted octanol–water partition coefficient (Wildman–Crippen LogP) is 0.627. The second-order valence-electron chi connectivity index (χ2n) is 7.47. The van der Waals surface area contributed by atoms with Gasteiger partial charge >= 0.3 is 0 Å². The second kappa shape index (κ2) is 8.43. The number of hydrogen-bond acceptors (Lipinski definition) is 3.